The van der Waals surface area contributed by atoms with Crippen LogP contribution in [0.25, 0.3) is 0 Å². The number of carbonyl (C=O) groups excluding carboxylic acids is 2. The fourth-order valence-corrected chi connectivity index (χ4v) is 4.24. The zero-order valence-corrected chi connectivity index (χ0v) is 14.9. The molecule has 9 heteroatoms. The molecule has 3 heterocycles. The first-order valence-electron chi connectivity index (χ1n) is 8.94. The number of fused-ring (bicyclic) bond motifs is 1. The van der Waals surface area contributed by atoms with Gasteiger partial charge in [0.2, 0.25) is 5.91 Å². The average molecular weight is 381 g/mol. The van der Waals surface area contributed by atoms with Gasteiger partial charge < -0.3 is 19.5 Å². The quantitative estimate of drug-likeness (QED) is 0.821. The van der Waals surface area contributed by atoms with Crippen molar-refractivity contribution in [2.75, 3.05) is 26.3 Å². The van der Waals surface area contributed by atoms with Gasteiger partial charge in [0, 0.05) is 51.0 Å². The molecule has 1 saturated carbocycles. The zero-order chi connectivity index (χ0) is 19.4. The summed E-state index contributed by atoms with van der Waals surface area (Å²) >= 11 is 0. The second kappa shape index (κ2) is 6.12. The van der Waals surface area contributed by atoms with Gasteiger partial charge in [0.05, 0.1) is 18.6 Å². The molecular weight excluding hydrogens is 360 g/mol. The van der Waals surface area contributed by atoms with Crippen LogP contribution in [0.3, 0.4) is 0 Å². The molecule has 3 fully saturated rings. The molecular formula is C18H21F2N3O4. The number of carbonyl (C=O) groups is 2. The van der Waals surface area contributed by atoms with Crippen molar-refractivity contribution in [2.45, 2.75) is 24.8 Å². The summed E-state index contributed by atoms with van der Waals surface area (Å²) in [6.45, 7) is 0.973. The van der Waals surface area contributed by atoms with Gasteiger partial charge in [-0.2, -0.15) is 0 Å². The number of hydrogen-bond acceptors (Lipinski definition) is 4. The molecule has 1 aromatic rings. The Kier molecular flexibility index (Phi) is 4.10. The van der Waals surface area contributed by atoms with Crippen LogP contribution in [0.4, 0.5) is 8.78 Å². The van der Waals surface area contributed by atoms with Crippen LogP contribution in [0.2, 0.25) is 0 Å². The number of nitrogens with zero attached hydrogens (tertiary/aromatic N) is 2. The molecule has 1 aromatic heterocycles. The Hall–Kier alpha value is -2.29. The minimum absolute atomic E-state index is 0.147. The molecule has 2 saturated heterocycles. The van der Waals surface area contributed by atoms with Gasteiger partial charge in [0.15, 0.2) is 0 Å². The van der Waals surface area contributed by atoms with Crippen LogP contribution in [-0.4, -0.2) is 59.5 Å². The number of pyridine rings is 1. The van der Waals surface area contributed by atoms with E-state index >= 15 is 0 Å². The Balaban J connectivity index is 1.51. The maximum Gasteiger partial charge on any atom is 0.270 e. The van der Waals surface area contributed by atoms with E-state index in [2.05, 4.69) is 5.32 Å². The van der Waals surface area contributed by atoms with Crippen molar-refractivity contribution >= 4 is 11.8 Å². The Bertz CT molecular complexity index is 847. The molecule has 1 N–H and O–H groups in total. The van der Waals surface area contributed by atoms with Gasteiger partial charge in [-0.25, -0.2) is 8.78 Å². The van der Waals surface area contributed by atoms with E-state index in [1.807, 2.05) is 0 Å². The van der Waals surface area contributed by atoms with Crippen LogP contribution in [0, 0.1) is 11.3 Å². The van der Waals surface area contributed by atoms with Crippen LogP contribution in [0.15, 0.2) is 23.0 Å². The second-order valence-corrected chi connectivity index (χ2v) is 7.80. The van der Waals surface area contributed by atoms with Crippen molar-refractivity contribution in [1.29, 1.82) is 0 Å². The maximum atomic E-state index is 13.1. The molecule has 2 atom stereocenters. The summed E-state index contributed by atoms with van der Waals surface area (Å²) < 4.78 is 32.9. The van der Waals surface area contributed by atoms with E-state index < -0.39 is 17.4 Å². The van der Waals surface area contributed by atoms with Crippen LogP contribution in [0.5, 0.6) is 0 Å². The minimum atomic E-state index is -2.71. The number of alkyl halides is 2. The van der Waals surface area contributed by atoms with E-state index in [4.69, 9.17) is 4.74 Å². The fourth-order valence-electron chi connectivity index (χ4n) is 4.24. The molecule has 2 amide bonds. The molecule has 0 bridgehead atoms. The van der Waals surface area contributed by atoms with Crippen LogP contribution in [-0.2, 0) is 16.6 Å². The first kappa shape index (κ1) is 18.1. The van der Waals surface area contributed by atoms with Crippen molar-refractivity contribution in [3.05, 3.63) is 34.2 Å². The van der Waals surface area contributed by atoms with Crippen molar-refractivity contribution in [1.82, 2.24) is 14.8 Å². The SMILES string of the molecule is Cn1c(C(=O)N2C[C@@H]3COC[C@]3(C(=O)NC3CC(F)(F)C3)C2)cccc1=O. The van der Waals surface area contributed by atoms with Gasteiger partial charge in [-0.3, -0.25) is 14.4 Å². The number of likely N-dealkylation sites (tertiary alicyclic amines) is 1. The predicted octanol–water partition coefficient (Wildman–Crippen LogP) is 0.388. The highest BCUT2D eigenvalue weighted by molar-refractivity contribution is 5.94. The van der Waals surface area contributed by atoms with Gasteiger partial charge in [0.25, 0.3) is 17.4 Å². The summed E-state index contributed by atoms with van der Waals surface area (Å²) in [7, 11) is 1.52. The molecule has 146 valence electrons. The number of ether oxygens (including phenoxy) is 1. The topological polar surface area (TPSA) is 80.6 Å². The number of amides is 2. The number of hydrogen-bond donors (Lipinski definition) is 1. The predicted molar refractivity (Wildman–Crippen MR) is 90.4 cm³/mol. The third kappa shape index (κ3) is 2.93. The lowest BCUT2D eigenvalue weighted by molar-refractivity contribution is -0.138. The molecule has 7 nitrogen and oxygen atoms in total. The van der Waals surface area contributed by atoms with E-state index in [1.54, 1.807) is 11.0 Å². The normalized spacial score (nSPS) is 29.3. The lowest BCUT2D eigenvalue weighted by Gasteiger charge is -2.37. The second-order valence-electron chi connectivity index (χ2n) is 7.80. The average Bonchev–Trinajstić information content (AvgIpc) is 3.13. The zero-order valence-electron chi connectivity index (χ0n) is 14.9. The van der Waals surface area contributed by atoms with E-state index in [0.29, 0.717) is 13.2 Å². The third-order valence-electron chi connectivity index (χ3n) is 5.94. The van der Waals surface area contributed by atoms with Crippen LogP contribution in [0.1, 0.15) is 23.3 Å². The Morgan fingerprint density at radius 3 is 2.74 bits per heavy atom. The molecule has 4 rings (SSSR count). The Morgan fingerprint density at radius 2 is 2.04 bits per heavy atom. The highest BCUT2D eigenvalue weighted by atomic mass is 19.3. The monoisotopic (exact) mass is 381 g/mol. The molecule has 2 aliphatic heterocycles. The summed E-state index contributed by atoms with van der Waals surface area (Å²) in [5.74, 6) is -3.56. The number of rotatable bonds is 3. The lowest BCUT2D eigenvalue weighted by Crippen LogP contribution is -2.56. The van der Waals surface area contributed by atoms with Gasteiger partial charge in [-0.1, -0.05) is 6.07 Å². The number of aromatic nitrogens is 1. The van der Waals surface area contributed by atoms with Crippen molar-refractivity contribution in [2.24, 2.45) is 18.4 Å². The molecule has 0 aromatic carbocycles. The standard InChI is InChI=1S/C18H21F2N3O4/c1-22-13(3-2-4-14(22)24)15(25)23-7-11-8-27-10-17(11,9-23)16(26)21-12-5-18(19,20)6-12/h2-4,11-12H,5-10H2,1H3,(H,21,26)/t11-,17-/m1/s1. The van der Waals surface area contributed by atoms with E-state index in [1.165, 1.54) is 23.7 Å². The molecule has 27 heavy (non-hydrogen) atoms. The largest absolute Gasteiger partial charge is 0.380 e. The van der Waals surface area contributed by atoms with Gasteiger partial charge >= 0.3 is 0 Å². The van der Waals surface area contributed by atoms with Crippen molar-refractivity contribution in [3.63, 3.8) is 0 Å². The van der Waals surface area contributed by atoms with E-state index in [0.717, 1.165) is 0 Å². The van der Waals surface area contributed by atoms with Gasteiger partial charge in [-0.05, 0) is 6.07 Å². The summed E-state index contributed by atoms with van der Waals surface area (Å²) in [5.41, 5.74) is -0.965. The molecule has 1 aliphatic carbocycles. The Labute approximate surface area is 154 Å². The lowest BCUT2D eigenvalue weighted by atomic mass is 9.79. The third-order valence-corrected chi connectivity index (χ3v) is 5.94. The first-order valence-corrected chi connectivity index (χ1v) is 8.94. The summed E-state index contributed by atoms with van der Waals surface area (Å²) in [6.07, 6.45) is -0.704. The summed E-state index contributed by atoms with van der Waals surface area (Å²) in [5, 5.41) is 2.70. The van der Waals surface area contributed by atoms with E-state index in [-0.39, 0.29) is 55.0 Å². The molecule has 0 spiro atoms. The summed E-state index contributed by atoms with van der Waals surface area (Å²) in [6, 6.07) is 3.92. The first-order chi connectivity index (χ1) is 12.7. The molecule has 0 unspecified atom stereocenters. The van der Waals surface area contributed by atoms with E-state index in [9.17, 15) is 23.2 Å². The molecule has 3 aliphatic rings. The minimum Gasteiger partial charge on any atom is -0.380 e. The van der Waals surface area contributed by atoms with Crippen molar-refractivity contribution in [3.8, 4) is 0 Å². The fraction of sp³-hybridized carbons (Fsp3) is 0.611. The highest BCUT2D eigenvalue weighted by Crippen LogP contribution is 2.43. The number of nitrogens with one attached hydrogen (secondary N) is 1. The van der Waals surface area contributed by atoms with Crippen LogP contribution < -0.4 is 10.9 Å². The van der Waals surface area contributed by atoms with Gasteiger partial charge in [-0.15, -0.1) is 0 Å². The van der Waals surface area contributed by atoms with Crippen molar-refractivity contribution < 1.29 is 23.1 Å². The summed E-state index contributed by atoms with van der Waals surface area (Å²) in [4.78, 5) is 39.1. The smallest absolute Gasteiger partial charge is 0.270 e. The Morgan fingerprint density at radius 1 is 1.30 bits per heavy atom. The maximum absolute atomic E-state index is 13.1. The van der Waals surface area contributed by atoms with Crippen LogP contribution >= 0.6 is 0 Å². The van der Waals surface area contributed by atoms with Gasteiger partial charge in [0.1, 0.15) is 5.69 Å². The molecule has 0 radical (unpaired) electrons. The highest BCUT2D eigenvalue weighted by Gasteiger charge is 2.58. The number of halogens is 2.